The minimum atomic E-state index is -4.71. The molecule has 0 bridgehead atoms. The lowest BCUT2D eigenvalue weighted by atomic mass is 10.0. The molecular formula is C21H22F6N4O. The topological polar surface area (TPSA) is 47.6 Å². The quantitative estimate of drug-likeness (QED) is 0.508. The lowest BCUT2D eigenvalue weighted by Gasteiger charge is -2.37. The van der Waals surface area contributed by atoms with Crippen molar-refractivity contribution < 1.29 is 31.1 Å². The molecule has 1 unspecified atom stereocenters. The number of hydrogen-bond acceptors (Lipinski definition) is 4. The first-order valence-corrected chi connectivity index (χ1v) is 9.79. The standard InChI is InChI=1S/C21H22F6N4O/c1-30-5-7-31(8-6-30)19(16-3-2-4-17(23)18(16)24)20(32)29-28-15-10-13(12-22)9-14(11-15)21(25,26)27/h2-4,9-11,19,28H,5-8,12H2,1H3,(H,29,32). The number of likely N-dealkylation sites (N-methyl/N-ethyl adjacent to an activating group) is 1. The van der Waals surface area contributed by atoms with Crippen LogP contribution >= 0.6 is 0 Å². The second-order valence-corrected chi connectivity index (χ2v) is 7.55. The van der Waals surface area contributed by atoms with Crippen molar-refractivity contribution in [1.29, 1.82) is 0 Å². The Morgan fingerprint density at radius 1 is 1.09 bits per heavy atom. The van der Waals surface area contributed by atoms with Crippen LogP contribution in [0.2, 0.25) is 0 Å². The van der Waals surface area contributed by atoms with Crippen LogP contribution in [0.15, 0.2) is 36.4 Å². The van der Waals surface area contributed by atoms with Gasteiger partial charge in [-0.2, -0.15) is 13.2 Å². The first-order chi connectivity index (χ1) is 15.1. The van der Waals surface area contributed by atoms with E-state index in [0.29, 0.717) is 38.3 Å². The van der Waals surface area contributed by atoms with E-state index in [1.54, 1.807) is 4.90 Å². The molecule has 1 aliphatic heterocycles. The molecule has 1 heterocycles. The second-order valence-electron chi connectivity index (χ2n) is 7.55. The Kier molecular flexibility index (Phi) is 7.29. The van der Waals surface area contributed by atoms with Crippen LogP contribution in [-0.2, 0) is 17.6 Å². The van der Waals surface area contributed by atoms with E-state index in [0.717, 1.165) is 12.1 Å². The third kappa shape index (κ3) is 5.52. The fourth-order valence-corrected chi connectivity index (χ4v) is 3.52. The Morgan fingerprint density at radius 3 is 2.41 bits per heavy atom. The number of benzene rings is 2. The number of nitrogens with one attached hydrogen (secondary N) is 2. The fraction of sp³-hybridized carbons (Fsp3) is 0.381. The number of alkyl halides is 4. The number of hydrogen-bond donors (Lipinski definition) is 2. The van der Waals surface area contributed by atoms with E-state index in [4.69, 9.17) is 0 Å². The predicted molar refractivity (Wildman–Crippen MR) is 106 cm³/mol. The maximum Gasteiger partial charge on any atom is 0.416 e. The number of piperazine rings is 1. The number of rotatable bonds is 6. The Labute approximate surface area is 181 Å². The number of anilines is 1. The van der Waals surface area contributed by atoms with Gasteiger partial charge >= 0.3 is 6.18 Å². The summed E-state index contributed by atoms with van der Waals surface area (Å²) in [5, 5.41) is 0. The van der Waals surface area contributed by atoms with E-state index in [1.165, 1.54) is 12.1 Å². The lowest BCUT2D eigenvalue weighted by molar-refractivity contribution is -0.137. The second kappa shape index (κ2) is 9.78. The van der Waals surface area contributed by atoms with Crippen molar-refractivity contribution in [2.24, 2.45) is 0 Å². The summed E-state index contributed by atoms with van der Waals surface area (Å²) in [5.74, 6) is -3.09. The van der Waals surface area contributed by atoms with Gasteiger partial charge in [0.1, 0.15) is 12.7 Å². The van der Waals surface area contributed by atoms with Gasteiger partial charge in [0, 0.05) is 31.7 Å². The van der Waals surface area contributed by atoms with Crippen molar-refractivity contribution in [1.82, 2.24) is 15.2 Å². The summed E-state index contributed by atoms with van der Waals surface area (Å²) in [5.41, 5.74) is 2.90. The van der Waals surface area contributed by atoms with Crippen LogP contribution in [-0.4, -0.2) is 48.9 Å². The van der Waals surface area contributed by atoms with Crippen LogP contribution in [0.5, 0.6) is 0 Å². The summed E-state index contributed by atoms with van der Waals surface area (Å²) < 4.78 is 80.5. The number of hydrazine groups is 1. The molecule has 0 aliphatic carbocycles. The number of carbonyl (C=O) groups excluding carboxylic acids is 1. The average molecular weight is 460 g/mol. The van der Waals surface area contributed by atoms with E-state index in [-0.39, 0.29) is 16.8 Å². The predicted octanol–water partition coefficient (Wildman–Crippen LogP) is 3.88. The molecule has 2 N–H and O–H groups in total. The summed E-state index contributed by atoms with van der Waals surface area (Å²) in [6.45, 7) is 0.814. The van der Waals surface area contributed by atoms with Gasteiger partial charge in [-0.1, -0.05) is 12.1 Å². The third-order valence-electron chi connectivity index (χ3n) is 5.23. The number of amides is 1. The number of carbonyl (C=O) groups is 1. The van der Waals surface area contributed by atoms with Crippen LogP contribution < -0.4 is 10.9 Å². The van der Waals surface area contributed by atoms with Gasteiger partial charge in [0.15, 0.2) is 11.6 Å². The first kappa shape index (κ1) is 23.9. The normalized spacial score (nSPS) is 16.6. The minimum Gasteiger partial charge on any atom is -0.304 e. The smallest absolute Gasteiger partial charge is 0.304 e. The van der Waals surface area contributed by atoms with Crippen molar-refractivity contribution >= 4 is 11.6 Å². The molecule has 1 fully saturated rings. The molecule has 11 heteroatoms. The van der Waals surface area contributed by atoms with E-state index in [1.807, 2.05) is 11.9 Å². The average Bonchev–Trinajstić information content (AvgIpc) is 2.76. The zero-order chi connectivity index (χ0) is 23.5. The van der Waals surface area contributed by atoms with Gasteiger partial charge in [0.05, 0.1) is 11.3 Å². The van der Waals surface area contributed by atoms with Crippen LogP contribution in [0.4, 0.5) is 32.0 Å². The fourth-order valence-electron chi connectivity index (χ4n) is 3.52. The van der Waals surface area contributed by atoms with Gasteiger partial charge in [-0.25, -0.2) is 13.2 Å². The molecule has 2 aromatic carbocycles. The minimum absolute atomic E-state index is 0.192. The van der Waals surface area contributed by atoms with E-state index in [9.17, 15) is 31.1 Å². The van der Waals surface area contributed by atoms with Gasteiger partial charge in [-0.05, 0) is 36.9 Å². The summed E-state index contributed by atoms with van der Waals surface area (Å²) in [4.78, 5) is 16.7. The Bertz CT molecular complexity index is 960. The molecule has 1 atom stereocenters. The molecule has 174 valence electrons. The molecule has 1 amide bonds. The number of nitrogens with zero attached hydrogens (tertiary/aromatic N) is 2. The van der Waals surface area contributed by atoms with E-state index >= 15 is 0 Å². The zero-order valence-corrected chi connectivity index (χ0v) is 17.1. The van der Waals surface area contributed by atoms with Crippen LogP contribution in [0, 0.1) is 11.6 Å². The van der Waals surface area contributed by atoms with Crippen molar-refractivity contribution in [3.8, 4) is 0 Å². The molecule has 32 heavy (non-hydrogen) atoms. The molecular weight excluding hydrogens is 438 g/mol. The van der Waals surface area contributed by atoms with Gasteiger partial charge in [0.25, 0.3) is 5.91 Å². The maximum atomic E-state index is 14.5. The van der Waals surface area contributed by atoms with Gasteiger partial charge in [-0.15, -0.1) is 0 Å². The van der Waals surface area contributed by atoms with Crippen molar-refractivity contribution in [3.63, 3.8) is 0 Å². The highest BCUT2D eigenvalue weighted by Gasteiger charge is 2.33. The van der Waals surface area contributed by atoms with E-state index < -0.39 is 42.0 Å². The SMILES string of the molecule is CN1CCN(C(C(=O)NNc2cc(CF)cc(C(F)(F)F)c2)c2cccc(F)c2F)CC1. The molecule has 5 nitrogen and oxygen atoms in total. The van der Waals surface area contributed by atoms with Gasteiger partial charge in [0.2, 0.25) is 0 Å². The Morgan fingerprint density at radius 2 is 1.78 bits per heavy atom. The molecule has 2 aromatic rings. The monoisotopic (exact) mass is 460 g/mol. The molecule has 0 aromatic heterocycles. The summed E-state index contributed by atoms with van der Waals surface area (Å²) in [6.07, 6.45) is -4.71. The van der Waals surface area contributed by atoms with Gasteiger partial charge < -0.3 is 4.90 Å². The molecule has 3 rings (SSSR count). The maximum absolute atomic E-state index is 14.5. The molecule has 0 saturated carbocycles. The largest absolute Gasteiger partial charge is 0.416 e. The highest BCUT2D eigenvalue weighted by atomic mass is 19.4. The van der Waals surface area contributed by atoms with Crippen LogP contribution in [0.25, 0.3) is 0 Å². The van der Waals surface area contributed by atoms with Crippen molar-refractivity contribution in [2.75, 3.05) is 38.7 Å². The zero-order valence-electron chi connectivity index (χ0n) is 17.1. The third-order valence-corrected chi connectivity index (χ3v) is 5.23. The molecule has 1 aliphatic rings. The highest BCUT2D eigenvalue weighted by Crippen LogP contribution is 2.32. The number of halogens is 6. The summed E-state index contributed by atoms with van der Waals surface area (Å²) >= 11 is 0. The van der Waals surface area contributed by atoms with Crippen LogP contribution in [0.3, 0.4) is 0 Å². The summed E-state index contributed by atoms with van der Waals surface area (Å²) in [6, 6.07) is 4.76. The first-order valence-electron chi connectivity index (χ1n) is 9.79. The Balaban J connectivity index is 1.85. The van der Waals surface area contributed by atoms with E-state index in [2.05, 4.69) is 10.9 Å². The summed E-state index contributed by atoms with van der Waals surface area (Å²) in [7, 11) is 1.88. The van der Waals surface area contributed by atoms with Gasteiger partial charge in [-0.3, -0.25) is 20.5 Å². The highest BCUT2D eigenvalue weighted by molar-refractivity contribution is 5.84. The molecule has 0 spiro atoms. The van der Waals surface area contributed by atoms with Crippen molar-refractivity contribution in [2.45, 2.75) is 18.9 Å². The Hall–Kier alpha value is -2.79. The molecule has 1 saturated heterocycles. The lowest BCUT2D eigenvalue weighted by Crippen LogP contribution is -2.50. The van der Waals surface area contributed by atoms with Crippen molar-refractivity contribution in [3.05, 3.63) is 64.7 Å². The van der Waals surface area contributed by atoms with Crippen LogP contribution in [0.1, 0.15) is 22.7 Å². The molecule has 0 radical (unpaired) electrons.